The van der Waals surface area contributed by atoms with E-state index in [4.69, 9.17) is 0 Å². The van der Waals surface area contributed by atoms with Crippen molar-refractivity contribution in [3.05, 3.63) is 0 Å². The third-order valence-corrected chi connectivity index (χ3v) is 4.46. The lowest BCUT2D eigenvalue weighted by Crippen LogP contribution is -2.52. The van der Waals surface area contributed by atoms with Crippen molar-refractivity contribution in [1.82, 2.24) is 10.2 Å². The molecular formula is C17H34N2O. The molecule has 1 fully saturated rings. The van der Waals surface area contributed by atoms with Gasteiger partial charge >= 0.3 is 0 Å². The normalized spacial score (nSPS) is 23.6. The molecule has 0 bridgehead atoms. The third kappa shape index (κ3) is 5.43. The predicted octanol–water partition coefficient (Wildman–Crippen LogP) is 3.30. The molecule has 118 valence electrons. The molecule has 1 amide bonds. The summed E-state index contributed by atoms with van der Waals surface area (Å²) in [5.41, 5.74) is 0. The van der Waals surface area contributed by atoms with Gasteiger partial charge in [0.25, 0.3) is 0 Å². The van der Waals surface area contributed by atoms with Gasteiger partial charge in [0, 0.05) is 25.0 Å². The number of amides is 1. The molecule has 2 atom stereocenters. The molecule has 0 saturated carbocycles. The number of hydrogen-bond acceptors (Lipinski definition) is 2. The summed E-state index contributed by atoms with van der Waals surface area (Å²) >= 11 is 0. The number of hydrogen-bond donors (Lipinski definition) is 1. The minimum Gasteiger partial charge on any atom is -0.341 e. The van der Waals surface area contributed by atoms with Crippen molar-refractivity contribution in [2.45, 2.75) is 66.3 Å². The van der Waals surface area contributed by atoms with Crippen LogP contribution in [0.2, 0.25) is 0 Å². The highest BCUT2D eigenvalue weighted by atomic mass is 16.2. The summed E-state index contributed by atoms with van der Waals surface area (Å²) in [5, 5.41) is 3.65. The Kier molecular flexibility index (Phi) is 7.57. The van der Waals surface area contributed by atoms with E-state index < -0.39 is 0 Å². The quantitative estimate of drug-likeness (QED) is 0.777. The Hall–Kier alpha value is -0.570. The molecule has 1 heterocycles. The Labute approximate surface area is 125 Å². The highest BCUT2D eigenvalue weighted by molar-refractivity contribution is 5.78. The molecular weight excluding hydrogens is 248 g/mol. The van der Waals surface area contributed by atoms with E-state index in [2.05, 4.69) is 44.8 Å². The Bertz CT molecular complexity index is 287. The maximum Gasteiger partial charge on any atom is 0.225 e. The zero-order valence-corrected chi connectivity index (χ0v) is 14.1. The number of likely N-dealkylation sites (tertiary alicyclic amines) is 1. The van der Waals surface area contributed by atoms with Crippen LogP contribution in [0.15, 0.2) is 0 Å². The molecule has 0 aromatic heterocycles. The van der Waals surface area contributed by atoms with E-state index in [1.54, 1.807) is 0 Å². The largest absolute Gasteiger partial charge is 0.341 e. The van der Waals surface area contributed by atoms with Gasteiger partial charge in [0.1, 0.15) is 0 Å². The van der Waals surface area contributed by atoms with Crippen molar-refractivity contribution in [1.29, 1.82) is 0 Å². The van der Waals surface area contributed by atoms with Crippen molar-refractivity contribution in [3.63, 3.8) is 0 Å². The molecule has 0 radical (unpaired) electrons. The Balaban J connectivity index is 2.50. The van der Waals surface area contributed by atoms with E-state index >= 15 is 0 Å². The van der Waals surface area contributed by atoms with Crippen LogP contribution in [0.25, 0.3) is 0 Å². The Morgan fingerprint density at radius 2 is 1.90 bits per heavy atom. The molecule has 1 aliphatic heterocycles. The minimum atomic E-state index is 0.219. The van der Waals surface area contributed by atoms with Crippen LogP contribution in [-0.4, -0.2) is 36.5 Å². The van der Waals surface area contributed by atoms with Crippen LogP contribution in [0, 0.1) is 17.8 Å². The number of piperidine rings is 1. The highest BCUT2D eigenvalue weighted by Crippen LogP contribution is 2.20. The number of carbonyl (C=O) groups excluding carboxylic acids is 1. The van der Waals surface area contributed by atoms with Crippen LogP contribution in [0.5, 0.6) is 0 Å². The first-order chi connectivity index (χ1) is 9.47. The molecule has 3 heteroatoms. The second kappa shape index (κ2) is 8.66. The van der Waals surface area contributed by atoms with E-state index in [1.807, 2.05) is 0 Å². The van der Waals surface area contributed by atoms with Gasteiger partial charge in [0.2, 0.25) is 5.91 Å². The van der Waals surface area contributed by atoms with Gasteiger partial charge in [-0.15, -0.1) is 0 Å². The lowest BCUT2D eigenvalue weighted by molar-refractivity contribution is -0.138. The fourth-order valence-electron chi connectivity index (χ4n) is 3.15. The fourth-order valence-corrected chi connectivity index (χ4v) is 3.15. The van der Waals surface area contributed by atoms with E-state index in [0.717, 1.165) is 38.4 Å². The molecule has 1 aliphatic rings. The molecule has 0 spiro atoms. The van der Waals surface area contributed by atoms with Gasteiger partial charge in [-0.3, -0.25) is 4.79 Å². The first-order valence-corrected chi connectivity index (χ1v) is 8.50. The zero-order valence-electron chi connectivity index (χ0n) is 14.1. The van der Waals surface area contributed by atoms with Crippen LogP contribution < -0.4 is 5.32 Å². The molecule has 2 unspecified atom stereocenters. The summed E-state index contributed by atoms with van der Waals surface area (Å²) in [6.07, 6.45) is 4.34. The van der Waals surface area contributed by atoms with E-state index in [1.165, 1.54) is 12.8 Å². The molecule has 0 aromatic carbocycles. The van der Waals surface area contributed by atoms with Crippen molar-refractivity contribution in [3.8, 4) is 0 Å². The Morgan fingerprint density at radius 1 is 1.25 bits per heavy atom. The van der Waals surface area contributed by atoms with Crippen molar-refractivity contribution < 1.29 is 4.79 Å². The van der Waals surface area contributed by atoms with Crippen molar-refractivity contribution in [2.75, 3.05) is 19.6 Å². The van der Waals surface area contributed by atoms with Gasteiger partial charge in [-0.2, -0.15) is 0 Å². The van der Waals surface area contributed by atoms with Gasteiger partial charge in [-0.1, -0.05) is 34.6 Å². The minimum absolute atomic E-state index is 0.219. The summed E-state index contributed by atoms with van der Waals surface area (Å²) in [7, 11) is 0. The van der Waals surface area contributed by atoms with Gasteiger partial charge in [-0.05, 0) is 44.1 Å². The standard InChI is InChI=1S/C17H34N2O/c1-6-15(7-2)17(20)19-11-14(5)10-16(12-19)18-9-8-13(3)4/h13-16,18H,6-12H2,1-5H3. The van der Waals surface area contributed by atoms with E-state index in [-0.39, 0.29) is 5.92 Å². The average Bonchev–Trinajstić information content (AvgIpc) is 2.39. The second-order valence-corrected chi connectivity index (χ2v) is 6.93. The van der Waals surface area contributed by atoms with Crippen LogP contribution in [0.1, 0.15) is 60.3 Å². The molecule has 20 heavy (non-hydrogen) atoms. The Morgan fingerprint density at radius 3 is 2.45 bits per heavy atom. The maximum absolute atomic E-state index is 12.5. The molecule has 1 N–H and O–H groups in total. The number of nitrogens with zero attached hydrogens (tertiary/aromatic N) is 1. The molecule has 0 aliphatic carbocycles. The molecule has 0 aromatic rings. The maximum atomic E-state index is 12.5. The van der Waals surface area contributed by atoms with E-state index in [0.29, 0.717) is 17.9 Å². The van der Waals surface area contributed by atoms with Crippen LogP contribution in [0.4, 0.5) is 0 Å². The molecule has 3 nitrogen and oxygen atoms in total. The highest BCUT2D eigenvalue weighted by Gasteiger charge is 2.30. The topological polar surface area (TPSA) is 32.3 Å². The molecule has 1 saturated heterocycles. The van der Waals surface area contributed by atoms with Crippen LogP contribution in [0.3, 0.4) is 0 Å². The average molecular weight is 282 g/mol. The fraction of sp³-hybridized carbons (Fsp3) is 0.941. The third-order valence-electron chi connectivity index (χ3n) is 4.46. The van der Waals surface area contributed by atoms with Gasteiger partial charge in [0.15, 0.2) is 0 Å². The number of nitrogens with one attached hydrogen (secondary N) is 1. The monoisotopic (exact) mass is 282 g/mol. The summed E-state index contributed by atoms with van der Waals surface area (Å²) in [6.45, 7) is 13.9. The number of rotatable bonds is 7. The predicted molar refractivity (Wildman–Crippen MR) is 85.7 cm³/mol. The van der Waals surface area contributed by atoms with Crippen molar-refractivity contribution >= 4 is 5.91 Å². The van der Waals surface area contributed by atoms with Crippen molar-refractivity contribution in [2.24, 2.45) is 17.8 Å². The summed E-state index contributed by atoms with van der Waals surface area (Å²) < 4.78 is 0. The smallest absolute Gasteiger partial charge is 0.225 e. The summed E-state index contributed by atoms with van der Waals surface area (Å²) in [5.74, 6) is 1.94. The van der Waals surface area contributed by atoms with E-state index in [9.17, 15) is 4.79 Å². The van der Waals surface area contributed by atoms with Gasteiger partial charge < -0.3 is 10.2 Å². The summed E-state index contributed by atoms with van der Waals surface area (Å²) in [6, 6.07) is 0.482. The van der Waals surface area contributed by atoms with Gasteiger partial charge in [-0.25, -0.2) is 0 Å². The van der Waals surface area contributed by atoms with Crippen LogP contribution >= 0.6 is 0 Å². The summed E-state index contributed by atoms with van der Waals surface area (Å²) in [4.78, 5) is 14.6. The van der Waals surface area contributed by atoms with Gasteiger partial charge in [0.05, 0.1) is 0 Å². The lowest BCUT2D eigenvalue weighted by Gasteiger charge is -2.38. The van der Waals surface area contributed by atoms with Crippen LogP contribution in [-0.2, 0) is 4.79 Å². The lowest BCUT2D eigenvalue weighted by atomic mass is 9.93. The second-order valence-electron chi connectivity index (χ2n) is 6.93. The number of carbonyl (C=O) groups is 1. The SMILES string of the molecule is CCC(CC)C(=O)N1CC(C)CC(NCCC(C)C)C1. The first-order valence-electron chi connectivity index (χ1n) is 8.50. The zero-order chi connectivity index (χ0) is 15.1. The first kappa shape index (κ1) is 17.5. The molecule has 1 rings (SSSR count).